The highest BCUT2D eigenvalue weighted by Crippen LogP contribution is 2.26. The molecule has 0 heterocycles. The number of nitrogens with two attached hydrogens (primary N) is 3. The molecule has 7 N–H and O–H groups in total. The minimum absolute atomic E-state index is 0.699. The molecule has 0 saturated carbocycles. The van der Waals surface area contributed by atoms with Crippen LogP contribution in [0.4, 0.5) is 22.7 Å². The van der Waals surface area contributed by atoms with Crippen molar-refractivity contribution in [2.45, 2.75) is 6.54 Å². The fourth-order valence-electron chi connectivity index (χ4n) is 3.15. The van der Waals surface area contributed by atoms with E-state index in [-0.39, 0.29) is 0 Å². The van der Waals surface area contributed by atoms with E-state index in [0.717, 1.165) is 49.9 Å². The quantitative estimate of drug-likeness (QED) is 0.421. The molecule has 0 aliphatic rings. The first-order valence-electron chi connectivity index (χ1n) is 8.19. The second-order valence-electron chi connectivity index (χ2n) is 6.34. The number of nitrogen functional groups attached to an aromatic ring is 3. The molecule has 4 nitrogen and oxygen atoms in total. The van der Waals surface area contributed by atoms with Crippen LogP contribution in [0.2, 0.25) is 0 Å². The van der Waals surface area contributed by atoms with Gasteiger partial charge in [-0.2, -0.15) is 0 Å². The lowest BCUT2D eigenvalue weighted by Crippen LogP contribution is -2.01. The number of nitrogens with one attached hydrogen (secondary N) is 1. The maximum atomic E-state index is 6.19. The van der Waals surface area contributed by atoms with Crippen LogP contribution in [0.3, 0.4) is 0 Å². The smallest absolute Gasteiger partial charge is 0.0401 e. The van der Waals surface area contributed by atoms with Crippen molar-refractivity contribution in [1.29, 1.82) is 0 Å². The fraction of sp³-hybridized carbons (Fsp3) is 0.0476. The molecular formula is C21H20N4. The Balaban J connectivity index is 1.59. The molecule has 0 amide bonds. The van der Waals surface area contributed by atoms with Crippen molar-refractivity contribution in [3.05, 3.63) is 72.3 Å². The first-order valence-corrected chi connectivity index (χ1v) is 8.19. The Bertz CT molecular complexity index is 1090. The normalized spacial score (nSPS) is 11.0. The summed E-state index contributed by atoms with van der Waals surface area (Å²) in [6.07, 6.45) is 0. The lowest BCUT2D eigenvalue weighted by molar-refractivity contribution is 1.16. The van der Waals surface area contributed by atoms with E-state index in [1.54, 1.807) is 0 Å². The first-order chi connectivity index (χ1) is 12.1. The summed E-state index contributed by atoms with van der Waals surface area (Å²) in [5.41, 5.74) is 22.3. The maximum Gasteiger partial charge on any atom is 0.0401 e. The third-order valence-electron chi connectivity index (χ3n) is 4.43. The molecule has 0 spiro atoms. The summed E-state index contributed by atoms with van der Waals surface area (Å²) >= 11 is 0. The van der Waals surface area contributed by atoms with Crippen LogP contribution in [-0.2, 0) is 6.54 Å². The second kappa shape index (κ2) is 5.91. The Kier molecular flexibility index (Phi) is 3.58. The molecular weight excluding hydrogens is 308 g/mol. The molecule has 0 bridgehead atoms. The van der Waals surface area contributed by atoms with E-state index in [9.17, 15) is 0 Å². The molecule has 0 aliphatic carbocycles. The average molecular weight is 328 g/mol. The topological polar surface area (TPSA) is 90.1 Å². The molecule has 124 valence electrons. The average Bonchev–Trinajstić information content (AvgIpc) is 2.60. The zero-order valence-corrected chi connectivity index (χ0v) is 13.8. The minimum Gasteiger partial charge on any atom is -0.399 e. The van der Waals surface area contributed by atoms with Gasteiger partial charge in [0.2, 0.25) is 0 Å². The van der Waals surface area contributed by atoms with Crippen molar-refractivity contribution in [3.63, 3.8) is 0 Å². The van der Waals surface area contributed by atoms with E-state index < -0.39 is 0 Å². The number of hydrogen-bond donors (Lipinski definition) is 4. The van der Waals surface area contributed by atoms with E-state index in [1.807, 2.05) is 42.5 Å². The van der Waals surface area contributed by atoms with Gasteiger partial charge in [-0.1, -0.05) is 18.2 Å². The van der Waals surface area contributed by atoms with Crippen molar-refractivity contribution in [2.24, 2.45) is 0 Å². The van der Waals surface area contributed by atoms with Gasteiger partial charge in [-0.25, -0.2) is 0 Å². The van der Waals surface area contributed by atoms with Crippen LogP contribution in [0.15, 0.2) is 66.7 Å². The molecule has 4 aromatic rings. The van der Waals surface area contributed by atoms with Crippen molar-refractivity contribution in [2.75, 3.05) is 22.5 Å². The van der Waals surface area contributed by atoms with Crippen LogP contribution < -0.4 is 22.5 Å². The van der Waals surface area contributed by atoms with E-state index in [4.69, 9.17) is 17.2 Å². The largest absolute Gasteiger partial charge is 0.399 e. The minimum atomic E-state index is 0.699. The second-order valence-corrected chi connectivity index (χ2v) is 6.34. The van der Waals surface area contributed by atoms with E-state index in [2.05, 4.69) is 29.6 Å². The Labute approximate surface area is 146 Å². The number of rotatable bonds is 3. The van der Waals surface area contributed by atoms with Gasteiger partial charge in [-0.15, -0.1) is 0 Å². The monoisotopic (exact) mass is 328 g/mol. The van der Waals surface area contributed by atoms with Gasteiger partial charge >= 0.3 is 0 Å². The maximum absolute atomic E-state index is 6.19. The SMILES string of the molecule is Nc1ccc2cc(NCc3cc(N)c4cc(N)ccc4c3)ccc2c1. The van der Waals surface area contributed by atoms with E-state index in [0.29, 0.717) is 6.54 Å². The van der Waals surface area contributed by atoms with Gasteiger partial charge in [0.15, 0.2) is 0 Å². The van der Waals surface area contributed by atoms with Gasteiger partial charge in [0.1, 0.15) is 0 Å². The predicted molar refractivity (Wildman–Crippen MR) is 108 cm³/mol. The lowest BCUT2D eigenvalue weighted by Gasteiger charge is -2.11. The molecule has 0 atom stereocenters. The third kappa shape index (κ3) is 3.02. The molecule has 0 unspecified atom stereocenters. The van der Waals surface area contributed by atoms with Crippen molar-refractivity contribution >= 4 is 44.3 Å². The predicted octanol–water partition coefficient (Wildman–Crippen LogP) is 4.35. The van der Waals surface area contributed by atoms with Gasteiger partial charge < -0.3 is 22.5 Å². The van der Waals surface area contributed by atoms with Crippen molar-refractivity contribution < 1.29 is 0 Å². The first kappa shape index (κ1) is 15.1. The molecule has 4 heteroatoms. The number of hydrogen-bond acceptors (Lipinski definition) is 4. The van der Waals surface area contributed by atoms with Crippen LogP contribution in [0.25, 0.3) is 21.5 Å². The summed E-state index contributed by atoms with van der Waals surface area (Å²) < 4.78 is 0. The Morgan fingerprint density at radius 2 is 1.32 bits per heavy atom. The molecule has 0 aliphatic heterocycles. The third-order valence-corrected chi connectivity index (χ3v) is 4.43. The van der Waals surface area contributed by atoms with Gasteiger partial charge in [0.25, 0.3) is 0 Å². The Hall–Kier alpha value is -3.40. The van der Waals surface area contributed by atoms with Crippen LogP contribution in [0.1, 0.15) is 5.56 Å². The molecule has 0 fully saturated rings. The number of anilines is 4. The highest BCUT2D eigenvalue weighted by atomic mass is 14.9. The standard InChI is InChI=1S/C21H20N4/c22-17-4-1-15-10-19(6-3-14(15)9-17)25-12-13-7-16-2-5-18(23)11-20(16)21(24)8-13/h1-11,25H,12,22-24H2. The Morgan fingerprint density at radius 3 is 2.16 bits per heavy atom. The van der Waals surface area contributed by atoms with Gasteiger partial charge in [-0.3, -0.25) is 0 Å². The van der Waals surface area contributed by atoms with E-state index in [1.165, 1.54) is 0 Å². The Morgan fingerprint density at radius 1 is 0.640 bits per heavy atom. The molecule has 0 radical (unpaired) electrons. The molecule has 0 aromatic heterocycles. The van der Waals surface area contributed by atoms with E-state index >= 15 is 0 Å². The summed E-state index contributed by atoms with van der Waals surface area (Å²) in [5, 5.41) is 7.85. The fourth-order valence-corrected chi connectivity index (χ4v) is 3.15. The molecule has 25 heavy (non-hydrogen) atoms. The summed E-state index contributed by atoms with van der Waals surface area (Å²) in [6, 6.07) is 22.1. The van der Waals surface area contributed by atoms with Crippen LogP contribution in [-0.4, -0.2) is 0 Å². The lowest BCUT2D eigenvalue weighted by atomic mass is 10.0. The zero-order valence-electron chi connectivity index (χ0n) is 13.8. The highest BCUT2D eigenvalue weighted by molar-refractivity contribution is 5.95. The van der Waals surface area contributed by atoms with Crippen LogP contribution in [0, 0.1) is 0 Å². The van der Waals surface area contributed by atoms with Gasteiger partial charge in [-0.05, 0) is 70.3 Å². The van der Waals surface area contributed by atoms with Crippen LogP contribution in [0.5, 0.6) is 0 Å². The molecule has 4 rings (SSSR count). The number of benzene rings is 4. The summed E-state index contributed by atoms with van der Waals surface area (Å²) in [6.45, 7) is 0.699. The van der Waals surface area contributed by atoms with Gasteiger partial charge in [0.05, 0.1) is 0 Å². The van der Waals surface area contributed by atoms with Crippen molar-refractivity contribution in [1.82, 2.24) is 0 Å². The zero-order chi connectivity index (χ0) is 17.4. The summed E-state index contributed by atoms with van der Waals surface area (Å²) in [4.78, 5) is 0. The molecule has 0 saturated heterocycles. The van der Waals surface area contributed by atoms with Gasteiger partial charge in [0, 0.05) is 34.7 Å². The summed E-state index contributed by atoms with van der Waals surface area (Å²) in [7, 11) is 0. The van der Waals surface area contributed by atoms with Crippen molar-refractivity contribution in [3.8, 4) is 0 Å². The molecule has 4 aromatic carbocycles. The number of fused-ring (bicyclic) bond motifs is 2. The highest BCUT2D eigenvalue weighted by Gasteiger charge is 2.03. The summed E-state index contributed by atoms with van der Waals surface area (Å²) in [5.74, 6) is 0. The van der Waals surface area contributed by atoms with Crippen LogP contribution >= 0.6 is 0 Å².